The summed E-state index contributed by atoms with van der Waals surface area (Å²) in [4.78, 5) is 11.5. The predicted molar refractivity (Wildman–Crippen MR) is 71.3 cm³/mol. The molecule has 0 aromatic heterocycles. The van der Waals surface area contributed by atoms with Gasteiger partial charge in [-0.15, -0.1) is 0 Å². The van der Waals surface area contributed by atoms with Crippen LogP contribution in [0.4, 0.5) is 0 Å². The quantitative estimate of drug-likeness (QED) is 0.791. The largest absolute Gasteiger partial charge is 0.480 e. The van der Waals surface area contributed by atoms with Crippen LogP contribution >= 0.6 is 23.2 Å². The fourth-order valence-corrected chi connectivity index (χ4v) is 2.05. The number of aliphatic carboxylic acids is 1. The molecule has 1 rings (SSSR count). The average molecular weight is 292 g/mol. The monoisotopic (exact) mass is 291 g/mol. The van der Waals surface area contributed by atoms with Crippen molar-refractivity contribution in [3.63, 3.8) is 0 Å². The summed E-state index contributed by atoms with van der Waals surface area (Å²) in [7, 11) is 1.55. The highest BCUT2D eigenvalue weighted by atomic mass is 35.5. The van der Waals surface area contributed by atoms with E-state index >= 15 is 0 Å². The van der Waals surface area contributed by atoms with E-state index in [0.717, 1.165) is 0 Å². The van der Waals surface area contributed by atoms with Crippen molar-refractivity contribution in [2.75, 3.05) is 20.3 Å². The summed E-state index contributed by atoms with van der Waals surface area (Å²) in [6.45, 7) is 2.34. The molecule has 1 unspecified atom stereocenters. The lowest BCUT2D eigenvalue weighted by atomic mass is 9.92. The highest BCUT2D eigenvalue weighted by Crippen LogP contribution is 2.30. The number of hydrogen-bond acceptors (Lipinski definition) is 3. The molecule has 100 valence electrons. The highest BCUT2D eigenvalue weighted by Gasteiger charge is 2.36. The number of hydrogen-bond donors (Lipinski definition) is 2. The van der Waals surface area contributed by atoms with Gasteiger partial charge in [0.05, 0.1) is 6.61 Å². The summed E-state index contributed by atoms with van der Waals surface area (Å²) in [5, 5.41) is 13.1. The number of carbonyl (C=O) groups is 1. The maximum atomic E-state index is 11.5. The normalized spacial score (nSPS) is 14.2. The van der Waals surface area contributed by atoms with Crippen molar-refractivity contribution >= 4 is 29.2 Å². The third-order valence-corrected chi connectivity index (χ3v) is 3.24. The zero-order chi connectivity index (χ0) is 13.8. The maximum Gasteiger partial charge on any atom is 0.328 e. The second-order valence-electron chi connectivity index (χ2n) is 3.97. The Morgan fingerprint density at radius 1 is 1.50 bits per heavy atom. The third-order valence-electron chi connectivity index (χ3n) is 2.68. The first-order valence-corrected chi connectivity index (χ1v) is 6.10. The molecule has 1 aromatic rings. The molecule has 0 bridgehead atoms. The Hall–Kier alpha value is -0.810. The lowest BCUT2D eigenvalue weighted by Crippen LogP contribution is -2.48. The Bertz CT molecular complexity index is 439. The van der Waals surface area contributed by atoms with Crippen molar-refractivity contribution in [2.24, 2.45) is 0 Å². The van der Waals surface area contributed by atoms with Gasteiger partial charge in [-0.25, -0.2) is 4.79 Å². The smallest absolute Gasteiger partial charge is 0.328 e. The van der Waals surface area contributed by atoms with Gasteiger partial charge < -0.3 is 9.84 Å². The molecule has 0 heterocycles. The molecule has 18 heavy (non-hydrogen) atoms. The van der Waals surface area contributed by atoms with E-state index in [0.29, 0.717) is 28.8 Å². The number of benzene rings is 1. The fraction of sp³-hybridized carbons (Fsp3) is 0.417. The molecule has 0 spiro atoms. The average Bonchev–Trinajstić information content (AvgIpc) is 2.32. The second-order valence-corrected chi connectivity index (χ2v) is 4.82. The Morgan fingerprint density at radius 3 is 2.72 bits per heavy atom. The molecular weight excluding hydrogens is 277 g/mol. The van der Waals surface area contributed by atoms with Gasteiger partial charge >= 0.3 is 5.97 Å². The van der Waals surface area contributed by atoms with E-state index in [-0.39, 0.29) is 0 Å². The minimum absolute atomic E-state index is 0.356. The zero-order valence-corrected chi connectivity index (χ0v) is 11.7. The van der Waals surface area contributed by atoms with Crippen molar-refractivity contribution in [1.29, 1.82) is 0 Å². The highest BCUT2D eigenvalue weighted by molar-refractivity contribution is 6.33. The van der Waals surface area contributed by atoms with Crippen LogP contribution < -0.4 is 5.32 Å². The van der Waals surface area contributed by atoms with Gasteiger partial charge in [-0.05, 0) is 25.1 Å². The molecule has 4 nitrogen and oxygen atoms in total. The van der Waals surface area contributed by atoms with Crippen LogP contribution in [0.5, 0.6) is 0 Å². The van der Waals surface area contributed by atoms with Crippen molar-refractivity contribution in [1.82, 2.24) is 5.32 Å². The van der Waals surface area contributed by atoms with Gasteiger partial charge in [-0.3, -0.25) is 5.32 Å². The van der Waals surface area contributed by atoms with E-state index in [2.05, 4.69) is 5.32 Å². The number of methoxy groups -OCH3 is 1. The summed E-state index contributed by atoms with van der Waals surface area (Å²) >= 11 is 11.9. The molecule has 0 saturated carbocycles. The Labute approximate surface area is 116 Å². The molecule has 0 radical (unpaired) electrons. The SMILES string of the molecule is COCCNC(C)(C(=O)O)c1cc(Cl)ccc1Cl. The number of ether oxygens (including phenoxy) is 1. The lowest BCUT2D eigenvalue weighted by Gasteiger charge is -2.28. The predicted octanol–water partition coefficient (Wildman–Crippen LogP) is 2.53. The lowest BCUT2D eigenvalue weighted by molar-refractivity contribution is -0.144. The number of rotatable bonds is 6. The van der Waals surface area contributed by atoms with Crippen LogP contribution in [0.15, 0.2) is 18.2 Å². The number of carboxylic acids is 1. The minimum atomic E-state index is -1.31. The van der Waals surface area contributed by atoms with Crippen LogP contribution in [0, 0.1) is 0 Å². The number of carboxylic acid groups (broad SMARTS) is 1. The summed E-state index contributed by atoms with van der Waals surface area (Å²) < 4.78 is 4.89. The van der Waals surface area contributed by atoms with E-state index in [9.17, 15) is 9.90 Å². The topological polar surface area (TPSA) is 58.6 Å². The first-order chi connectivity index (χ1) is 8.41. The summed E-state index contributed by atoms with van der Waals surface area (Å²) in [5.74, 6) is -1.03. The molecular formula is C12H15Cl2NO3. The van der Waals surface area contributed by atoms with Crippen molar-refractivity contribution in [3.05, 3.63) is 33.8 Å². The first kappa shape index (κ1) is 15.2. The molecule has 0 fully saturated rings. The molecule has 0 saturated heterocycles. The standard InChI is InChI=1S/C12H15Cl2NO3/c1-12(11(16)17,15-5-6-18-2)9-7-8(13)3-4-10(9)14/h3-4,7,15H,5-6H2,1-2H3,(H,16,17). The number of halogens is 2. The molecule has 0 amide bonds. The van der Waals surface area contributed by atoms with Crippen LogP contribution in [0.25, 0.3) is 0 Å². The summed E-state index contributed by atoms with van der Waals surface area (Å²) in [6.07, 6.45) is 0. The Morgan fingerprint density at radius 2 is 2.17 bits per heavy atom. The van der Waals surface area contributed by atoms with E-state index in [1.807, 2.05) is 0 Å². The van der Waals surface area contributed by atoms with E-state index in [1.54, 1.807) is 32.2 Å². The molecule has 0 aliphatic carbocycles. The second kappa shape index (κ2) is 6.38. The van der Waals surface area contributed by atoms with Gasteiger partial charge in [-0.2, -0.15) is 0 Å². The van der Waals surface area contributed by atoms with Crippen LogP contribution in [-0.4, -0.2) is 31.3 Å². The zero-order valence-electron chi connectivity index (χ0n) is 10.2. The van der Waals surface area contributed by atoms with E-state index in [1.165, 1.54) is 0 Å². The van der Waals surface area contributed by atoms with Gasteiger partial charge in [0.1, 0.15) is 5.54 Å². The van der Waals surface area contributed by atoms with Crippen molar-refractivity contribution in [2.45, 2.75) is 12.5 Å². The van der Waals surface area contributed by atoms with Gasteiger partial charge in [0.15, 0.2) is 0 Å². The van der Waals surface area contributed by atoms with Crippen LogP contribution in [-0.2, 0) is 15.1 Å². The van der Waals surface area contributed by atoms with Gasteiger partial charge in [-0.1, -0.05) is 23.2 Å². The molecule has 6 heteroatoms. The molecule has 0 aliphatic heterocycles. The number of nitrogens with one attached hydrogen (secondary N) is 1. The third kappa shape index (κ3) is 3.36. The Kier molecular flexibility index (Phi) is 5.41. The maximum absolute atomic E-state index is 11.5. The first-order valence-electron chi connectivity index (χ1n) is 5.34. The minimum Gasteiger partial charge on any atom is -0.480 e. The summed E-state index contributed by atoms with van der Waals surface area (Å²) in [6, 6.07) is 4.75. The van der Waals surface area contributed by atoms with Crippen molar-refractivity contribution < 1.29 is 14.6 Å². The van der Waals surface area contributed by atoms with Gasteiger partial charge in [0.2, 0.25) is 0 Å². The molecule has 1 atom stereocenters. The van der Waals surface area contributed by atoms with Crippen molar-refractivity contribution in [3.8, 4) is 0 Å². The van der Waals surface area contributed by atoms with Crippen LogP contribution in [0.2, 0.25) is 10.0 Å². The molecule has 0 aliphatic rings. The van der Waals surface area contributed by atoms with Crippen LogP contribution in [0.1, 0.15) is 12.5 Å². The van der Waals surface area contributed by atoms with E-state index in [4.69, 9.17) is 27.9 Å². The summed E-state index contributed by atoms with van der Waals surface area (Å²) in [5.41, 5.74) is -0.874. The molecule has 2 N–H and O–H groups in total. The Balaban J connectivity index is 3.10. The van der Waals surface area contributed by atoms with E-state index < -0.39 is 11.5 Å². The van der Waals surface area contributed by atoms with Gasteiger partial charge in [0, 0.05) is 29.3 Å². The van der Waals surface area contributed by atoms with Crippen LogP contribution in [0.3, 0.4) is 0 Å². The molecule has 1 aromatic carbocycles. The fourth-order valence-electron chi connectivity index (χ4n) is 1.57. The van der Waals surface area contributed by atoms with Gasteiger partial charge in [0.25, 0.3) is 0 Å².